The van der Waals surface area contributed by atoms with Gasteiger partial charge in [-0.1, -0.05) is 0 Å². The maximum Gasteiger partial charge on any atom is 0.202 e. The van der Waals surface area contributed by atoms with E-state index in [1.165, 1.54) is 0 Å². The minimum absolute atomic E-state index is 0.0530. The first-order valence-corrected chi connectivity index (χ1v) is 5.50. The van der Waals surface area contributed by atoms with Crippen LogP contribution in [0.5, 0.6) is 34.5 Å². The van der Waals surface area contributed by atoms with E-state index in [1.807, 2.05) is 0 Å². The second kappa shape index (κ2) is 3.67. The molecule has 0 saturated carbocycles. The van der Waals surface area contributed by atoms with Crippen molar-refractivity contribution in [2.75, 3.05) is 10.6 Å². The van der Waals surface area contributed by atoms with E-state index in [0.717, 1.165) is 12.1 Å². The normalized spacial score (nSPS) is 12.0. The highest BCUT2D eigenvalue weighted by molar-refractivity contribution is 5.98. The lowest BCUT2D eigenvalue weighted by Gasteiger charge is -2.25. The van der Waals surface area contributed by atoms with Crippen LogP contribution in [-0.4, -0.2) is 30.6 Å². The van der Waals surface area contributed by atoms with Crippen molar-refractivity contribution in [2.24, 2.45) is 0 Å². The minimum Gasteiger partial charge on any atom is -0.504 e. The first kappa shape index (κ1) is 11.9. The predicted octanol–water partition coefficient (Wildman–Crippen LogP) is 1.72. The molecule has 8 heteroatoms. The number of benzene rings is 2. The van der Waals surface area contributed by atoms with Crippen molar-refractivity contribution in [3.05, 3.63) is 12.1 Å². The summed E-state index contributed by atoms with van der Waals surface area (Å²) in [5.41, 5.74) is 0.450. The molecule has 1 aliphatic heterocycles. The molecule has 8 N–H and O–H groups in total. The van der Waals surface area contributed by atoms with Gasteiger partial charge in [0.05, 0.1) is 11.4 Å². The van der Waals surface area contributed by atoms with Crippen molar-refractivity contribution in [3.63, 3.8) is 0 Å². The van der Waals surface area contributed by atoms with E-state index < -0.39 is 34.5 Å². The number of phenolic OH excluding ortho intramolecular Hbond substituents is 6. The number of nitrogens with one attached hydrogen (secondary N) is 2. The van der Waals surface area contributed by atoms with Crippen molar-refractivity contribution >= 4 is 22.7 Å². The van der Waals surface area contributed by atoms with Crippen LogP contribution in [-0.2, 0) is 0 Å². The van der Waals surface area contributed by atoms with Gasteiger partial charge in [0.25, 0.3) is 0 Å². The molecule has 0 radical (unpaired) electrons. The van der Waals surface area contributed by atoms with Crippen LogP contribution in [0.4, 0.5) is 22.7 Å². The highest BCUT2D eigenvalue weighted by Crippen LogP contribution is 2.55. The largest absolute Gasteiger partial charge is 0.504 e. The number of anilines is 4. The summed E-state index contributed by atoms with van der Waals surface area (Å²) < 4.78 is 0. The third-order valence-corrected chi connectivity index (χ3v) is 3.03. The quantitative estimate of drug-likeness (QED) is 0.229. The van der Waals surface area contributed by atoms with Crippen LogP contribution in [0.1, 0.15) is 0 Å². The van der Waals surface area contributed by atoms with Crippen LogP contribution >= 0.6 is 0 Å². The molecule has 0 aliphatic carbocycles. The zero-order valence-electron chi connectivity index (χ0n) is 9.84. The van der Waals surface area contributed by atoms with Gasteiger partial charge in [0, 0.05) is 12.1 Å². The SMILES string of the molecule is Oc1cc2c(c(O)c1O)Nc1cc(O)c(O)c(O)c1N2. The lowest BCUT2D eigenvalue weighted by Crippen LogP contribution is -2.07. The summed E-state index contributed by atoms with van der Waals surface area (Å²) in [5.74, 6) is -3.69. The fourth-order valence-electron chi connectivity index (χ4n) is 2.01. The molecule has 3 rings (SSSR count). The smallest absolute Gasteiger partial charge is 0.202 e. The zero-order chi connectivity index (χ0) is 14.6. The van der Waals surface area contributed by atoms with Gasteiger partial charge in [-0.15, -0.1) is 0 Å². The van der Waals surface area contributed by atoms with Crippen molar-refractivity contribution in [3.8, 4) is 34.5 Å². The number of aromatic hydroxyl groups is 6. The van der Waals surface area contributed by atoms with Crippen LogP contribution < -0.4 is 10.6 Å². The Hall–Kier alpha value is -3.16. The van der Waals surface area contributed by atoms with E-state index in [1.54, 1.807) is 0 Å². The van der Waals surface area contributed by atoms with Gasteiger partial charge >= 0.3 is 0 Å². The monoisotopic (exact) mass is 278 g/mol. The first-order valence-electron chi connectivity index (χ1n) is 5.50. The van der Waals surface area contributed by atoms with E-state index in [2.05, 4.69) is 10.6 Å². The number of hydrogen-bond acceptors (Lipinski definition) is 8. The maximum atomic E-state index is 9.76. The minimum atomic E-state index is -0.700. The molecule has 0 amide bonds. The summed E-state index contributed by atoms with van der Waals surface area (Å²) in [5, 5.41) is 62.7. The van der Waals surface area contributed by atoms with Gasteiger partial charge in [-0.25, -0.2) is 0 Å². The van der Waals surface area contributed by atoms with Crippen LogP contribution in [0, 0.1) is 0 Å². The van der Waals surface area contributed by atoms with Crippen LogP contribution in [0.25, 0.3) is 0 Å². The van der Waals surface area contributed by atoms with Gasteiger partial charge in [-0.3, -0.25) is 0 Å². The van der Waals surface area contributed by atoms with Crippen LogP contribution in [0.3, 0.4) is 0 Å². The predicted molar refractivity (Wildman–Crippen MR) is 69.4 cm³/mol. The Morgan fingerprint density at radius 2 is 0.900 bits per heavy atom. The Balaban J connectivity index is 2.22. The zero-order valence-corrected chi connectivity index (χ0v) is 9.84. The molecule has 0 atom stereocenters. The first-order chi connectivity index (χ1) is 9.40. The number of phenols is 6. The van der Waals surface area contributed by atoms with Gasteiger partial charge in [0.2, 0.25) is 11.5 Å². The molecule has 2 aromatic carbocycles. The topological polar surface area (TPSA) is 145 Å². The molecule has 1 aliphatic rings. The van der Waals surface area contributed by atoms with Crippen molar-refractivity contribution in [1.29, 1.82) is 0 Å². The molecule has 0 fully saturated rings. The van der Waals surface area contributed by atoms with Gasteiger partial charge in [0.1, 0.15) is 11.4 Å². The van der Waals surface area contributed by atoms with Gasteiger partial charge in [0.15, 0.2) is 23.0 Å². The molecule has 0 spiro atoms. The summed E-state index contributed by atoms with van der Waals surface area (Å²) in [7, 11) is 0. The molecule has 0 aromatic heterocycles. The Bertz CT molecular complexity index is 680. The average molecular weight is 278 g/mol. The van der Waals surface area contributed by atoms with Crippen molar-refractivity contribution in [2.45, 2.75) is 0 Å². The number of fused-ring (bicyclic) bond motifs is 2. The Labute approximate surface area is 111 Å². The molecular weight excluding hydrogens is 268 g/mol. The summed E-state index contributed by atoms with van der Waals surface area (Å²) in [4.78, 5) is 0. The lowest BCUT2D eigenvalue weighted by atomic mass is 10.1. The van der Waals surface area contributed by atoms with E-state index in [9.17, 15) is 30.6 Å². The van der Waals surface area contributed by atoms with Crippen LogP contribution in [0.2, 0.25) is 0 Å². The molecular formula is C12H10N2O6. The number of hydrogen-bond donors (Lipinski definition) is 8. The number of rotatable bonds is 0. The van der Waals surface area contributed by atoms with E-state index >= 15 is 0 Å². The van der Waals surface area contributed by atoms with Gasteiger partial charge < -0.3 is 41.3 Å². The third-order valence-electron chi connectivity index (χ3n) is 3.03. The summed E-state index contributed by atoms with van der Waals surface area (Å²) >= 11 is 0. The molecule has 1 heterocycles. The lowest BCUT2D eigenvalue weighted by molar-refractivity contribution is 0.368. The molecule has 2 aromatic rings. The fraction of sp³-hybridized carbons (Fsp3) is 0. The molecule has 104 valence electrons. The highest BCUT2D eigenvalue weighted by atomic mass is 16.3. The second-order valence-corrected chi connectivity index (χ2v) is 4.28. The van der Waals surface area contributed by atoms with Crippen molar-refractivity contribution in [1.82, 2.24) is 0 Å². The Morgan fingerprint density at radius 1 is 0.550 bits per heavy atom. The summed E-state index contributed by atoms with van der Waals surface area (Å²) in [6.45, 7) is 0. The highest BCUT2D eigenvalue weighted by Gasteiger charge is 2.26. The molecule has 8 nitrogen and oxygen atoms in total. The van der Waals surface area contributed by atoms with E-state index in [4.69, 9.17) is 0 Å². The fourth-order valence-corrected chi connectivity index (χ4v) is 2.01. The standard InChI is InChI=1S/C12H10N2O6/c15-5-1-3-7(11(19)9(5)17)14-4-2-6(16)10(18)12(20)8(4)13-3/h1-2,13-20H. The van der Waals surface area contributed by atoms with E-state index in [0.29, 0.717) is 0 Å². The Morgan fingerprint density at radius 3 is 1.25 bits per heavy atom. The third kappa shape index (κ3) is 1.41. The van der Waals surface area contributed by atoms with Crippen molar-refractivity contribution < 1.29 is 30.6 Å². The molecule has 20 heavy (non-hydrogen) atoms. The molecule has 0 saturated heterocycles. The molecule has 0 unspecified atom stereocenters. The maximum absolute atomic E-state index is 9.76. The summed E-state index contributed by atoms with van der Waals surface area (Å²) in [6.07, 6.45) is 0. The second-order valence-electron chi connectivity index (χ2n) is 4.28. The summed E-state index contributed by atoms with van der Waals surface area (Å²) in [6, 6.07) is 2.26. The van der Waals surface area contributed by atoms with Gasteiger partial charge in [-0.05, 0) is 0 Å². The molecule has 0 bridgehead atoms. The van der Waals surface area contributed by atoms with Crippen LogP contribution in [0.15, 0.2) is 12.1 Å². The van der Waals surface area contributed by atoms with Gasteiger partial charge in [-0.2, -0.15) is 0 Å². The Kier molecular flexibility index (Phi) is 2.18. The van der Waals surface area contributed by atoms with E-state index in [-0.39, 0.29) is 22.7 Å². The average Bonchev–Trinajstić information content (AvgIpc) is 2.42.